The molecule has 2 aromatic carbocycles. The number of hydrogen-bond donors (Lipinski definition) is 2. The van der Waals surface area contributed by atoms with Crippen molar-refractivity contribution in [3.63, 3.8) is 0 Å². The van der Waals surface area contributed by atoms with Crippen LogP contribution >= 0.6 is 11.8 Å². The Bertz CT molecular complexity index is 1360. The SMILES string of the molecule is CSc1ccc(CNC(=O)C2CN(c3ncnc4nn(-c5ccc(C)c(F)c5)cc34)CCN2)cc1. The number of piperazine rings is 1. The van der Waals surface area contributed by atoms with Crippen LogP contribution in [0.25, 0.3) is 16.7 Å². The van der Waals surface area contributed by atoms with Crippen molar-refractivity contribution < 1.29 is 9.18 Å². The third kappa shape index (κ3) is 4.98. The van der Waals surface area contributed by atoms with Crippen LogP contribution in [-0.4, -0.2) is 57.6 Å². The summed E-state index contributed by atoms with van der Waals surface area (Å²) in [6.07, 6.45) is 5.32. The number of anilines is 1. The van der Waals surface area contributed by atoms with Crippen LogP contribution in [0.4, 0.5) is 10.2 Å². The van der Waals surface area contributed by atoms with Crippen molar-refractivity contribution in [2.45, 2.75) is 24.4 Å². The summed E-state index contributed by atoms with van der Waals surface area (Å²) in [5.74, 6) is 0.366. The van der Waals surface area contributed by atoms with Crippen LogP contribution in [0.15, 0.2) is 59.9 Å². The maximum absolute atomic E-state index is 14.1. The third-order valence-corrected chi connectivity index (χ3v) is 6.88. The Balaban J connectivity index is 1.31. The molecule has 1 fully saturated rings. The van der Waals surface area contributed by atoms with Crippen molar-refractivity contribution in [3.8, 4) is 5.69 Å². The number of thioether (sulfide) groups is 1. The molecule has 0 bridgehead atoms. The third-order valence-electron chi connectivity index (χ3n) is 6.13. The number of nitrogens with one attached hydrogen (secondary N) is 2. The number of nitrogens with zero attached hydrogens (tertiary/aromatic N) is 5. The normalized spacial score (nSPS) is 16.0. The van der Waals surface area contributed by atoms with E-state index in [0.29, 0.717) is 48.9 Å². The second-order valence-corrected chi connectivity index (χ2v) is 9.34. The standard InChI is InChI=1S/C25H26FN7OS/c1-16-3-6-18(11-21(16)26)33-13-20-23(31-33)29-15-30-24(20)32-10-9-27-22(14-32)25(34)28-12-17-4-7-19(35-2)8-5-17/h3-8,11,13,15,22,27H,9-10,12,14H2,1-2H3,(H,28,34). The van der Waals surface area contributed by atoms with Crippen molar-refractivity contribution >= 4 is 34.5 Å². The Hall–Kier alpha value is -3.50. The lowest BCUT2D eigenvalue weighted by atomic mass is 10.1. The van der Waals surface area contributed by atoms with Gasteiger partial charge in [0.05, 0.1) is 11.1 Å². The van der Waals surface area contributed by atoms with E-state index in [1.807, 2.05) is 30.7 Å². The molecule has 4 aromatic rings. The van der Waals surface area contributed by atoms with Gasteiger partial charge in [-0.1, -0.05) is 18.2 Å². The topological polar surface area (TPSA) is 88.0 Å². The first-order chi connectivity index (χ1) is 17.0. The molecular weight excluding hydrogens is 465 g/mol. The minimum Gasteiger partial charge on any atom is -0.353 e. The van der Waals surface area contributed by atoms with Crippen molar-refractivity contribution in [2.75, 3.05) is 30.8 Å². The number of rotatable bonds is 6. The van der Waals surface area contributed by atoms with Crippen LogP contribution < -0.4 is 15.5 Å². The van der Waals surface area contributed by atoms with Gasteiger partial charge in [-0.15, -0.1) is 16.9 Å². The van der Waals surface area contributed by atoms with Crippen LogP contribution in [0.1, 0.15) is 11.1 Å². The highest BCUT2D eigenvalue weighted by Crippen LogP contribution is 2.25. The van der Waals surface area contributed by atoms with Gasteiger partial charge in [-0.05, 0) is 48.6 Å². The quantitative estimate of drug-likeness (QED) is 0.401. The van der Waals surface area contributed by atoms with Gasteiger partial charge in [-0.2, -0.15) is 0 Å². The maximum Gasteiger partial charge on any atom is 0.239 e. The molecule has 1 aliphatic rings. The van der Waals surface area contributed by atoms with E-state index in [2.05, 4.69) is 42.7 Å². The first kappa shape index (κ1) is 23.3. The Morgan fingerprint density at radius 3 is 2.83 bits per heavy atom. The number of fused-ring (bicyclic) bond motifs is 1. The van der Waals surface area contributed by atoms with Crippen LogP contribution in [0.5, 0.6) is 0 Å². The van der Waals surface area contributed by atoms with E-state index in [0.717, 1.165) is 10.9 Å². The van der Waals surface area contributed by atoms with Crippen LogP contribution in [0.3, 0.4) is 0 Å². The van der Waals surface area contributed by atoms with E-state index in [-0.39, 0.29) is 17.8 Å². The zero-order chi connectivity index (χ0) is 24.4. The fourth-order valence-electron chi connectivity index (χ4n) is 4.11. The average molecular weight is 492 g/mol. The van der Waals surface area contributed by atoms with Gasteiger partial charge < -0.3 is 15.5 Å². The van der Waals surface area contributed by atoms with Gasteiger partial charge in [0, 0.05) is 37.3 Å². The molecule has 180 valence electrons. The predicted molar refractivity (Wildman–Crippen MR) is 135 cm³/mol. The molecule has 0 aliphatic carbocycles. The molecule has 1 atom stereocenters. The average Bonchev–Trinajstić information content (AvgIpc) is 3.34. The fraction of sp³-hybridized carbons (Fsp3) is 0.280. The highest BCUT2D eigenvalue weighted by Gasteiger charge is 2.27. The molecule has 8 nitrogen and oxygen atoms in total. The maximum atomic E-state index is 14.1. The molecule has 1 amide bonds. The summed E-state index contributed by atoms with van der Waals surface area (Å²) in [5.41, 5.74) is 2.76. The Morgan fingerprint density at radius 2 is 2.06 bits per heavy atom. The lowest BCUT2D eigenvalue weighted by Gasteiger charge is -2.33. The molecule has 0 saturated carbocycles. The molecule has 10 heteroatoms. The molecule has 1 unspecified atom stereocenters. The minimum atomic E-state index is -0.375. The highest BCUT2D eigenvalue weighted by molar-refractivity contribution is 7.98. The van der Waals surface area contributed by atoms with Gasteiger partial charge in [0.15, 0.2) is 5.65 Å². The minimum absolute atomic E-state index is 0.0558. The summed E-state index contributed by atoms with van der Waals surface area (Å²) in [5, 5.41) is 11.6. The number of aromatic nitrogens is 4. The summed E-state index contributed by atoms with van der Waals surface area (Å²) < 4.78 is 15.7. The molecule has 0 spiro atoms. The number of carbonyl (C=O) groups excluding carboxylic acids is 1. The number of carbonyl (C=O) groups is 1. The van der Waals surface area contributed by atoms with Crippen LogP contribution in [0, 0.1) is 12.7 Å². The molecule has 35 heavy (non-hydrogen) atoms. The fourth-order valence-corrected chi connectivity index (χ4v) is 4.52. The van der Waals surface area contributed by atoms with Gasteiger partial charge in [0.2, 0.25) is 5.91 Å². The van der Waals surface area contributed by atoms with E-state index in [4.69, 9.17) is 0 Å². The first-order valence-corrected chi connectivity index (χ1v) is 12.6. The highest BCUT2D eigenvalue weighted by atomic mass is 32.2. The lowest BCUT2D eigenvalue weighted by Crippen LogP contribution is -2.57. The Kier molecular flexibility index (Phi) is 6.65. The van der Waals surface area contributed by atoms with Gasteiger partial charge in [-0.25, -0.2) is 19.0 Å². The first-order valence-electron chi connectivity index (χ1n) is 11.4. The summed E-state index contributed by atoms with van der Waals surface area (Å²) in [6.45, 7) is 4.00. The van der Waals surface area contributed by atoms with Crippen molar-refractivity contribution in [2.24, 2.45) is 0 Å². The number of aryl methyl sites for hydroxylation is 1. The number of benzene rings is 2. The molecule has 3 heterocycles. The van der Waals surface area contributed by atoms with Crippen LogP contribution in [-0.2, 0) is 11.3 Å². The predicted octanol–water partition coefficient (Wildman–Crippen LogP) is 3.08. The largest absolute Gasteiger partial charge is 0.353 e. The van der Waals surface area contributed by atoms with Gasteiger partial charge in [0.25, 0.3) is 0 Å². The van der Waals surface area contributed by atoms with Crippen molar-refractivity contribution in [1.29, 1.82) is 0 Å². The Morgan fingerprint density at radius 1 is 1.23 bits per heavy atom. The Labute approximate surface area is 206 Å². The van der Waals surface area contributed by atoms with E-state index < -0.39 is 0 Å². The second kappa shape index (κ2) is 10.0. The summed E-state index contributed by atoms with van der Waals surface area (Å²) in [7, 11) is 0. The number of hydrogen-bond acceptors (Lipinski definition) is 7. The van der Waals surface area contributed by atoms with Crippen molar-refractivity contribution in [3.05, 3.63) is 71.9 Å². The molecular formula is C25H26FN7OS. The van der Waals surface area contributed by atoms with Gasteiger partial charge in [-0.3, -0.25) is 4.79 Å². The van der Waals surface area contributed by atoms with E-state index in [1.165, 1.54) is 17.3 Å². The number of halogens is 1. The van der Waals surface area contributed by atoms with Gasteiger partial charge in [0.1, 0.15) is 24.0 Å². The van der Waals surface area contributed by atoms with E-state index in [9.17, 15) is 9.18 Å². The van der Waals surface area contributed by atoms with Crippen LogP contribution in [0.2, 0.25) is 0 Å². The van der Waals surface area contributed by atoms with Gasteiger partial charge >= 0.3 is 0 Å². The zero-order valence-corrected chi connectivity index (χ0v) is 20.3. The van der Waals surface area contributed by atoms with Crippen molar-refractivity contribution in [1.82, 2.24) is 30.4 Å². The zero-order valence-electron chi connectivity index (χ0n) is 19.5. The van der Waals surface area contributed by atoms with E-state index in [1.54, 1.807) is 29.4 Å². The molecule has 0 radical (unpaired) electrons. The molecule has 1 aliphatic heterocycles. The van der Waals surface area contributed by atoms with E-state index >= 15 is 0 Å². The lowest BCUT2D eigenvalue weighted by molar-refractivity contribution is -0.123. The molecule has 2 aromatic heterocycles. The smallest absolute Gasteiger partial charge is 0.239 e. The molecule has 5 rings (SSSR count). The molecule has 2 N–H and O–H groups in total. The monoisotopic (exact) mass is 491 g/mol. The molecule has 1 saturated heterocycles. The number of amides is 1. The summed E-state index contributed by atoms with van der Waals surface area (Å²) >= 11 is 1.69. The summed E-state index contributed by atoms with van der Waals surface area (Å²) in [6, 6.07) is 12.8. The summed E-state index contributed by atoms with van der Waals surface area (Å²) in [4.78, 5) is 24.9. The second-order valence-electron chi connectivity index (χ2n) is 8.46.